The molecule has 2 aromatic rings. The van der Waals surface area contributed by atoms with Crippen LogP contribution in [0, 0.1) is 6.92 Å². The van der Waals surface area contributed by atoms with Gasteiger partial charge in [-0.05, 0) is 43.8 Å². The third kappa shape index (κ3) is 2.83. The second kappa shape index (κ2) is 5.87. The number of aromatic nitrogens is 1. The summed E-state index contributed by atoms with van der Waals surface area (Å²) in [7, 11) is -2.35. The molecule has 0 fully saturated rings. The molecule has 0 unspecified atom stereocenters. The van der Waals surface area contributed by atoms with Gasteiger partial charge in [0.25, 0.3) is 5.91 Å². The Hall–Kier alpha value is -2.91. The molecule has 0 atom stereocenters. The predicted molar refractivity (Wildman–Crippen MR) is 91.7 cm³/mol. The van der Waals surface area contributed by atoms with Gasteiger partial charge in [0.2, 0.25) is 10.0 Å². The Labute approximate surface area is 143 Å². The van der Waals surface area contributed by atoms with E-state index in [9.17, 15) is 18.0 Å². The zero-order valence-corrected chi connectivity index (χ0v) is 14.2. The Morgan fingerprint density at radius 1 is 1.32 bits per heavy atom. The van der Waals surface area contributed by atoms with Crippen LogP contribution >= 0.6 is 0 Å². The van der Waals surface area contributed by atoms with Crippen LogP contribution in [0.25, 0.3) is 11.6 Å². The molecule has 4 N–H and O–H groups in total. The van der Waals surface area contributed by atoms with Gasteiger partial charge < -0.3 is 15.4 Å². The van der Waals surface area contributed by atoms with Crippen molar-refractivity contribution in [3.63, 3.8) is 0 Å². The first-order valence-electron chi connectivity index (χ1n) is 7.27. The van der Waals surface area contributed by atoms with Crippen LogP contribution in [0.3, 0.4) is 0 Å². The molecule has 1 aliphatic rings. The fraction of sp³-hybridized carbons (Fsp3) is 0.125. The number of sulfonamides is 1. The lowest BCUT2D eigenvalue weighted by Crippen LogP contribution is -2.18. The SMILES string of the molecule is CNS(=O)(=O)c1ccc2c(c1)/C(=C/c1[nH]cc(C(=O)O)c1C)C(=O)N2. The van der Waals surface area contributed by atoms with Crippen LogP contribution in [0.5, 0.6) is 0 Å². The largest absolute Gasteiger partial charge is 0.478 e. The Morgan fingerprint density at radius 3 is 2.64 bits per heavy atom. The number of aromatic carboxylic acids is 1. The number of aromatic amines is 1. The van der Waals surface area contributed by atoms with Gasteiger partial charge >= 0.3 is 5.97 Å². The summed E-state index contributed by atoms with van der Waals surface area (Å²) in [6.07, 6.45) is 2.86. The van der Waals surface area contributed by atoms with E-state index in [2.05, 4.69) is 15.0 Å². The Morgan fingerprint density at radius 2 is 2.04 bits per heavy atom. The highest BCUT2D eigenvalue weighted by molar-refractivity contribution is 7.89. The number of anilines is 1. The maximum absolute atomic E-state index is 12.2. The van der Waals surface area contributed by atoms with Gasteiger partial charge in [-0.15, -0.1) is 0 Å². The van der Waals surface area contributed by atoms with Crippen molar-refractivity contribution >= 4 is 39.2 Å². The molecule has 1 aliphatic heterocycles. The van der Waals surface area contributed by atoms with Crippen LogP contribution in [0.4, 0.5) is 5.69 Å². The first kappa shape index (κ1) is 16.9. The second-order valence-electron chi connectivity index (χ2n) is 5.47. The summed E-state index contributed by atoms with van der Waals surface area (Å²) in [6, 6.07) is 4.32. The molecule has 0 saturated heterocycles. The zero-order chi connectivity index (χ0) is 18.4. The van der Waals surface area contributed by atoms with E-state index in [1.165, 1.54) is 37.5 Å². The number of carboxylic acids is 1. The van der Waals surface area contributed by atoms with E-state index in [4.69, 9.17) is 5.11 Å². The number of carbonyl (C=O) groups is 2. The summed E-state index contributed by atoms with van der Waals surface area (Å²) < 4.78 is 26.2. The van der Waals surface area contributed by atoms with Crippen LogP contribution in [-0.2, 0) is 14.8 Å². The molecule has 0 aliphatic carbocycles. The monoisotopic (exact) mass is 361 g/mol. The Bertz CT molecular complexity index is 1030. The molecule has 130 valence electrons. The summed E-state index contributed by atoms with van der Waals surface area (Å²) in [4.78, 5) is 26.2. The number of hydrogen-bond donors (Lipinski definition) is 4. The van der Waals surface area contributed by atoms with Gasteiger partial charge in [-0.2, -0.15) is 0 Å². The van der Waals surface area contributed by atoms with Crippen LogP contribution in [0.2, 0.25) is 0 Å². The summed E-state index contributed by atoms with van der Waals surface area (Å²) in [5, 5.41) is 11.8. The average Bonchev–Trinajstić information content (AvgIpc) is 3.08. The van der Waals surface area contributed by atoms with Gasteiger partial charge in [0.15, 0.2) is 0 Å². The summed E-state index contributed by atoms with van der Waals surface area (Å²) in [5.41, 5.74) is 2.25. The molecule has 2 heterocycles. The van der Waals surface area contributed by atoms with Gasteiger partial charge in [0.1, 0.15) is 0 Å². The van der Waals surface area contributed by atoms with Crippen molar-refractivity contribution in [3.05, 3.63) is 46.8 Å². The third-order valence-corrected chi connectivity index (χ3v) is 5.46. The molecule has 0 spiro atoms. The molecular weight excluding hydrogens is 346 g/mol. The normalized spacial score (nSPS) is 15.3. The number of amides is 1. The van der Waals surface area contributed by atoms with Gasteiger partial charge in [-0.1, -0.05) is 0 Å². The van der Waals surface area contributed by atoms with E-state index in [-0.39, 0.29) is 21.9 Å². The number of carbonyl (C=O) groups excluding carboxylic acids is 1. The highest BCUT2D eigenvalue weighted by Gasteiger charge is 2.27. The molecule has 1 aromatic carbocycles. The van der Waals surface area contributed by atoms with Crippen molar-refractivity contribution in [3.8, 4) is 0 Å². The summed E-state index contributed by atoms with van der Waals surface area (Å²) in [6.45, 7) is 1.63. The Balaban J connectivity index is 2.13. The number of carboxylic acid groups (broad SMARTS) is 1. The number of fused-ring (bicyclic) bond motifs is 1. The topological polar surface area (TPSA) is 128 Å². The second-order valence-corrected chi connectivity index (χ2v) is 7.36. The van der Waals surface area contributed by atoms with E-state index < -0.39 is 16.0 Å². The molecule has 0 bridgehead atoms. The van der Waals surface area contributed by atoms with Crippen molar-refractivity contribution in [1.82, 2.24) is 9.71 Å². The Kier molecular flexibility index (Phi) is 3.97. The van der Waals surface area contributed by atoms with Crippen molar-refractivity contribution < 1.29 is 23.1 Å². The van der Waals surface area contributed by atoms with E-state index in [1.54, 1.807) is 6.92 Å². The minimum absolute atomic E-state index is 0.0329. The predicted octanol–water partition coefficient (Wildman–Crippen LogP) is 1.42. The van der Waals surface area contributed by atoms with Crippen molar-refractivity contribution in [1.29, 1.82) is 0 Å². The first-order valence-corrected chi connectivity index (χ1v) is 8.75. The van der Waals surface area contributed by atoms with Gasteiger partial charge in [-0.25, -0.2) is 17.9 Å². The molecule has 0 radical (unpaired) electrons. The molecule has 9 heteroatoms. The molecule has 3 rings (SSSR count). The van der Waals surface area contributed by atoms with E-state index in [0.29, 0.717) is 22.5 Å². The standard InChI is InChI=1S/C16H15N3O5S/c1-8-12(16(21)22)7-18-14(8)6-11-10-5-9(25(23,24)17-2)3-4-13(10)19-15(11)20/h3-7,17-18H,1-2H3,(H,19,20)(H,21,22)/b11-6-. The van der Waals surface area contributed by atoms with Gasteiger partial charge in [0, 0.05) is 23.1 Å². The highest BCUT2D eigenvalue weighted by atomic mass is 32.2. The summed E-state index contributed by atoms with van der Waals surface area (Å²) in [5.74, 6) is -1.46. The average molecular weight is 361 g/mol. The molecule has 25 heavy (non-hydrogen) atoms. The lowest BCUT2D eigenvalue weighted by Gasteiger charge is -2.05. The number of hydrogen-bond acceptors (Lipinski definition) is 4. The molecule has 0 saturated carbocycles. The minimum atomic E-state index is -3.65. The van der Waals surface area contributed by atoms with E-state index in [1.807, 2.05) is 0 Å². The number of rotatable bonds is 4. The smallest absolute Gasteiger partial charge is 0.337 e. The maximum Gasteiger partial charge on any atom is 0.337 e. The fourth-order valence-corrected chi connectivity index (χ4v) is 3.38. The first-order chi connectivity index (χ1) is 11.7. The fourth-order valence-electron chi connectivity index (χ4n) is 2.62. The van der Waals surface area contributed by atoms with Crippen LogP contribution < -0.4 is 10.0 Å². The van der Waals surface area contributed by atoms with Crippen LogP contribution in [0.15, 0.2) is 29.3 Å². The summed E-state index contributed by atoms with van der Waals surface area (Å²) >= 11 is 0. The zero-order valence-electron chi connectivity index (χ0n) is 13.4. The van der Waals surface area contributed by atoms with E-state index in [0.717, 1.165) is 0 Å². The molecule has 1 aromatic heterocycles. The quantitative estimate of drug-likeness (QED) is 0.612. The number of nitrogens with one attached hydrogen (secondary N) is 3. The minimum Gasteiger partial charge on any atom is -0.478 e. The van der Waals surface area contributed by atoms with Crippen LogP contribution in [0.1, 0.15) is 27.2 Å². The van der Waals surface area contributed by atoms with Crippen molar-refractivity contribution in [2.24, 2.45) is 0 Å². The third-order valence-electron chi connectivity index (χ3n) is 4.05. The van der Waals surface area contributed by atoms with E-state index >= 15 is 0 Å². The number of benzene rings is 1. The van der Waals surface area contributed by atoms with Gasteiger partial charge in [0.05, 0.1) is 16.0 Å². The highest BCUT2D eigenvalue weighted by Crippen LogP contribution is 2.35. The van der Waals surface area contributed by atoms with Crippen molar-refractivity contribution in [2.75, 3.05) is 12.4 Å². The molecule has 1 amide bonds. The lowest BCUT2D eigenvalue weighted by atomic mass is 10.0. The lowest BCUT2D eigenvalue weighted by molar-refractivity contribution is -0.110. The maximum atomic E-state index is 12.2. The molecule has 8 nitrogen and oxygen atoms in total. The number of H-pyrrole nitrogens is 1. The molecular formula is C16H15N3O5S. The van der Waals surface area contributed by atoms with Crippen LogP contribution in [-0.4, -0.2) is 37.4 Å². The van der Waals surface area contributed by atoms with Gasteiger partial charge in [-0.3, -0.25) is 4.79 Å². The van der Waals surface area contributed by atoms with Crippen molar-refractivity contribution in [2.45, 2.75) is 11.8 Å².